The van der Waals surface area contributed by atoms with Crippen LogP contribution in [-0.2, 0) is 52.8 Å². The molecular weight excluding hydrogens is 921 g/mol. The summed E-state index contributed by atoms with van der Waals surface area (Å²) in [4.78, 5) is 68.1. The van der Waals surface area contributed by atoms with Crippen molar-refractivity contribution in [1.82, 2.24) is 39.8 Å². The minimum atomic E-state index is -0.851. The number of pyridine rings is 1. The Kier molecular flexibility index (Phi) is 20.2. The van der Waals surface area contributed by atoms with E-state index < -0.39 is 17.0 Å². The third-order valence-electron chi connectivity index (χ3n) is 13.3. The van der Waals surface area contributed by atoms with Crippen molar-refractivity contribution in [2.45, 2.75) is 117 Å². The van der Waals surface area contributed by atoms with Crippen molar-refractivity contribution in [2.75, 3.05) is 61.0 Å². The maximum atomic E-state index is 14.0. The lowest BCUT2D eigenvalue weighted by Crippen LogP contribution is -2.57. The monoisotopic (exact) mass is 999 g/mol. The van der Waals surface area contributed by atoms with Gasteiger partial charge in [-0.15, -0.1) is 0 Å². The molecule has 16 nitrogen and oxygen atoms in total. The molecule has 4 heterocycles. The molecule has 2 fully saturated rings. The number of benzene rings is 2. The highest BCUT2D eigenvalue weighted by atomic mass is 32.2. The summed E-state index contributed by atoms with van der Waals surface area (Å²) in [6.07, 6.45) is 5.92. The first kappa shape index (κ1) is 56.6. The van der Waals surface area contributed by atoms with Gasteiger partial charge in [-0.1, -0.05) is 51.8 Å². The fourth-order valence-electron chi connectivity index (χ4n) is 9.26. The SMILES string of the molecule is CCn1c(-c2cccnc2C(C)OC)c(CC(C)(C)COC=O)c2cc(-c3cc(O)cc(CC(NC(=O)C(SN(C)C)C(C)C)C(=O)N4CCCCN4)c3)ccc21.CNC(C)(C)C(=O)N1CCC(C=O)C1. The van der Waals surface area contributed by atoms with Gasteiger partial charge in [0.1, 0.15) is 23.3 Å². The number of carbonyl (C=O) groups excluding carboxylic acids is 5. The summed E-state index contributed by atoms with van der Waals surface area (Å²) in [5, 5.41) is 19.5. The predicted molar refractivity (Wildman–Crippen MR) is 281 cm³/mol. The number of hydrazine groups is 1. The van der Waals surface area contributed by atoms with Crippen molar-refractivity contribution in [3.8, 4) is 28.1 Å². The highest BCUT2D eigenvalue weighted by Gasteiger charge is 2.35. The standard InChI is InChI=1S/C44H60N6O6S.C10H18N2O2/c1-10-49-38-16-15-31(24-35(38)36(25-44(5,6)26-56-27-51)40(49)34-14-13-17-45-39(34)29(4)55-9)32-20-30(21-33(52)23-32)22-37(43(54)50-19-12-11-18-46-50)47-42(53)41(28(2)3)57-48(7)8;1-10(2,11-3)9(14)12-5-4-8(6-12)7-13/h13-17,20-21,23-24,27-29,37,41,46,52H,10-12,18-19,22,25-26H2,1-9H3,(H,47,53);7-8,11H,4-6H2,1-3H3. The molecule has 2 aromatic heterocycles. The molecule has 6 rings (SSSR count). The molecule has 71 heavy (non-hydrogen) atoms. The largest absolute Gasteiger partial charge is 0.508 e. The van der Waals surface area contributed by atoms with Gasteiger partial charge in [-0.25, -0.2) is 5.43 Å². The van der Waals surface area contributed by atoms with Crippen molar-refractivity contribution in [1.29, 1.82) is 0 Å². The van der Waals surface area contributed by atoms with Crippen molar-refractivity contribution < 1.29 is 38.6 Å². The number of likely N-dealkylation sites (tertiary alicyclic amines) is 1. The molecular formula is C54H78N8O8S. The van der Waals surface area contributed by atoms with Gasteiger partial charge in [0.2, 0.25) is 11.8 Å². The molecule has 2 aliphatic rings. The summed E-state index contributed by atoms with van der Waals surface area (Å²) in [5.41, 5.74) is 9.61. The van der Waals surface area contributed by atoms with Crippen LogP contribution in [0.1, 0.15) is 97.6 Å². The summed E-state index contributed by atoms with van der Waals surface area (Å²) in [7, 11) is 7.26. The molecule has 0 saturated carbocycles. The number of nitrogens with one attached hydrogen (secondary N) is 3. The number of aromatic hydroxyl groups is 1. The number of rotatable bonds is 21. The van der Waals surface area contributed by atoms with Crippen LogP contribution in [0.2, 0.25) is 0 Å². The summed E-state index contributed by atoms with van der Waals surface area (Å²) in [6, 6.07) is 14.9. The first-order valence-corrected chi connectivity index (χ1v) is 25.7. The lowest BCUT2D eigenvalue weighted by atomic mass is 9.84. The van der Waals surface area contributed by atoms with E-state index in [9.17, 15) is 29.1 Å². The second kappa shape index (κ2) is 25.4. The number of aldehydes is 1. The average Bonchev–Trinajstić information content (AvgIpc) is 3.96. The lowest BCUT2D eigenvalue weighted by molar-refractivity contribution is -0.140. The van der Waals surface area contributed by atoms with Crippen molar-refractivity contribution >= 4 is 53.3 Å². The number of hydrogen-bond acceptors (Lipinski definition) is 13. The zero-order chi connectivity index (χ0) is 52.2. The van der Waals surface area contributed by atoms with E-state index in [0.29, 0.717) is 45.6 Å². The minimum Gasteiger partial charge on any atom is -0.508 e. The van der Waals surface area contributed by atoms with Crippen LogP contribution >= 0.6 is 11.9 Å². The number of phenolic OH excluding ortho intramolecular Hbond substituents is 1. The van der Waals surface area contributed by atoms with Crippen LogP contribution in [-0.4, -0.2) is 137 Å². The highest BCUT2D eigenvalue weighted by molar-refractivity contribution is 7.98. The number of likely N-dealkylation sites (N-methyl/N-ethyl adjacent to an activating group) is 1. The van der Waals surface area contributed by atoms with Crippen molar-refractivity contribution in [2.24, 2.45) is 17.3 Å². The number of fused-ring (bicyclic) bond motifs is 1. The number of amides is 3. The number of carbonyl (C=O) groups is 5. The molecule has 4 aromatic rings. The maximum absolute atomic E-state index is 14.0. The molecule has 0 bridgehead atoms. The van der Waals surface area contributed by atoms with Gasteiger partial charge in [0, 0.05) is 80.3 Å². The third kappa shape index (κ3) is 14.4. The number of aromatic nitrogens is 2. The van der Waals surface area contributed by atoms with Gasteiger partial charge in [-0.3, -0.25) is 33.5 Å². The highest BCUT2D eigenvalue weighted by Crippen LogP contribution is 2.42. The van der Waals surface area contributed by atoms with Crippen LogP contribution in [0.3, 0.4) is 0 Å². The Labute approximate surface area is 425 Å². The van der Waals surface area contributed by atoms with E-state index in [2.05, 4.69) is 65.7 Å². The van der Waals surface area contributed by atoms with Gasteiger partial charge in [-0.2, -0.15) is 0 Å². The average molecular weight is 999 g/mol. The van der Waals surface area contributed by atoms with Gasteiger partial charge in [0.25, 0.3) is 12.4 Å². The predicted octanol–water partition coefficient (Wildman–Crippen LogP) is 6.97. The molecule has 4 atom stereocenters. The third-order valence-corrected chi connectivity index (χ3v) is 14.7. The summed E-state index contributed by atoms with van der Waals surface area (Å²) >= 11 is 1.44. The Morgan fingerprint density at radius 3 is 2.38 bits per heavy atom. The van der Waals surface area contributed by atoms with Gasteiger partial charge < -0.3 is 39.5 Å². The molecule has 4 unspecified atom stereocenters. The van der Waals surface area contributed by atoms with Crippen molar-refractivity contribution in [3.63, 3.8) is 0 Å². The Balaban J connectivity index is 0.000000575. The van der Waals surface area contributed by atoms with Gasteiger partial charge in [0.15, 0.2) is 0 Å². The Morgan fingerprint density at radius 1 is 1.03 bits per heavy atom. The topological polar surface area (TPSA) is 188 Å². The zero-order valence-corrected chi connectivity index (χ0v) is 44.8. The van der Waals surface area contributed by atoms with Crippen LogP contribution in [0, 0.1) is 17.3 Å². The maximum Gasteiger partial charge on any atom is 0.293 e. The summed E-state index contributed by atoms with van der Waals surface area (Å²) in [5.74, 6) is -0.203. The molecule has 3 amide bonds. The number of phenols is 1. The Bertz CT molecular complexity index is 2470. The quantitative estimate of drug-likeness (QED) is 0.0496. The first-order chi connectivity index (χ1) is 33.7. The van der Waals surface area contributed by atoms with E-state index in [1.807, 2.05) is 65.2 Å². The molecule has 2 aliphatic heterocycles. The number of methoxy groups -OCH3 is 1. The molecule has 17 heteroatoms. The van der Waals surface area contributed by atoms with Gasteiger partial charge in [0.05, 0.1) is 29.6 Å². The van der Waals surface area contributed by atoms with Gasteiger partial charge in [-0.05, 0) is 139 Å². The number of ether oxygens (including phenoxy) is 2. The smallest absolute Gasteiger partial charge is 0.293 e. The molecule has 4 N–H and O–H groups in total. The normalized spacial score (nSPS) is 16.6. The van der Waals surface area contributed by atoms with E-state index >= 15 is 0 Å². The molecule has 0 spiro atoms. The van der Waals surface area contributed by atoms with Crippen LogP contribution in [0.15, 0.2) is 54.7 Å². The summed E-state index contributed by atoms with van der Waals surface area (Å²) in [6.45, 7) is 19.9. The summed E-state index contributed by atoms with van der Waals surface area (Å²) < 4.78 is 15.3. The second-order valence-corrected chi connectivity index (χ2v) is 22.0. The molecule has 2 saturated heterocycles. The van der Waals surface area contributed by atoms with E-state index in [0.717, 1.165) is 75.7 Å². The fourth-order valence-corrected chi connectivity index (χ4v) is 10.1. The number of nitrogens with zero attached hydrogens (tertiary/aromatic N) is 5. The lowest BCUT2D eigenvalue weighted by Gasteiger charge is -2.32. The van der Waals surface area contributed by atoms with Gasteiger partial charge >= 0.3 is 0 Å². The van der Waals surface area contributed by atoms with Crippen LogP contribution in [0.25, 0.3) is 33.3 Å². The van der Waals surface area contributed by atoms with Crippen LogP contribution < -0.4 is 16.1 Å². The van der Waals surface area contributed by atoms with E-state index in [1.165, 1.54) is 11.9 Å². The Hall–Kier alpha value is -5.33. The fraction of sp³-hybridized carbons (Fsp3) is 0.556. The van der Waals surface area contributed by atoms with Crippen molar-refractivity contribution in [3.05, 3.63) is 71.5 Å². The zero-order valence-electron chi connectivity index (χ0n) is 44.0. The van der Waals surface area contributed by atoms with E-state index in [4.69, 9.17) is 14.5 Å². The first-order valence-electron chi connectivity index (χ1n) is 24.8. The van der Waals surface area contributed by atoms with Crippen LogP contribution in [0.4, 0.5) is 0 Å². The van der Waals surface area contributed by atoms with Crippen LogP contribution in [0.5, 0.6) is 5.75 Å². The number of aryl methyl sites for hydroxylation is 1. The molecule has 0 aliphatic carbocycles. The second-order valence-electron chi connectivity index (χ2n) is 20.5. The molecule has 0 radical (unpaired) electrons. The molecule has 388 valence electrons. The Morgan fingerprint density at radius 2 is 1.77 bits per heavy atom. The minimum absolute atomic E-state index is 0.0339. The number of hydrogen-bond donors (Lipinski definition) is 4. The van der Waals surface area contributed by atoms with E-state index in [-0.39, 0.29) is 59.7 Å². The van der Waals surface area contributed by atoms with E-state index in [1.54, 1.807) is 42.4 Å². The molecule has 2 aromatic carbocycles.